The van der Waals surface area contributed by atoms with Gasteiger partial charge in [-0.25, -0.2) is 4.98 Å². The number of imidazole rings is 1. The number of hydrogen-bond acceptors (Lipinski definition) is 2. The third-order valence-corrected chi connectivity index (χ3v) is 3.14. The molecule has 0 saturated heterocycles. The Morgan fingerprint density at radius 1 is 1.44 bits per heavy atom. The zero-order valence-corrected chi connectivity index (χ0v) is 11.0. The minimum Gasteiger partial charge on any atom is -0.481 e. The first-order valence-corrected chi connectivity index (χ1v) is 6.23. The summed E-state index contributed by atoms with van der Waals surface area (Å²) < 4.78 is 1.97. The van der Waals surface area contributed by atoms with Crippen LogP contribution in [0.3, 0.4) is 0 Å². The van der Waals surface area contributed by atoms with E-state index >= 15 is 0 Å². The van der Waals surface area contributed by atoms with E-state index in [9.17, 15) is 4.79 Å². The van der Waals surface area contributed by atoms with E-state index in [1.165, 1.54) is 5.56 Å². The minimum atomic E-state index is -0.843. The average Bonchev–Trinajstić information content (AvgIpc) is 2.63. The Bertz CT molecular complexity index is 585. The molecule has 0 aliphatic rings. The number of benzene rings is 1. The van der Waals surface area contributed by atoms with Crippen molar-refractivity contribution in [3.8, 4) is 0 Å². The van der Waals surface area contributed by atoms with E-state index in [0.29, 0.717) is 11.7 Å². The highest BCUT2D eigenvalue weighted by atomic mass is 16.4. The van der Waals surface area contributed by atoms with Gasteiger partial charge in [0.1, 0.15) is 12.2 Å². The van der Waals surface area contributed by atoms with Gasteiger partial charge in [0, 0.05) is 6.54 Å². The summed E-state index contributed by atoms with van der Waals surface area (Å²) in [6.45, 7) is 7.01. The fourth-order valence-corrected chi connectivity index (χ4v) is 2.18. The molecule has 0 aliphatic heterocycles. The molecule has 96 valence electrons. The Morgan fingerprint density at radius 3 is 2.72 bits per heavy atom. The number of fused-ring (bicyclic) bond motifs is 1. The summed E-state index contributed by atoms with van der Waals surface area (Å²) in [6, 6.07) is 6.18. The number of carbonyl (C=O) groups is 1. The Balaban J connectivity index is 2.56. The Hall–Kier alpha value is -1.84. The number of rotatable bonds is 4. The van der Waals surface area contributed by atoms with Crippen molar-refractivity contribution in [1.29, 1.82) is 0 Å². The maximum Gasteiger partial charge on any atom is 0.311 e. The third kappa shape index (κ3) is 2.23. The van der Waals surface area contributed by atoms with Crippen molar-refractivity contribution in [2.24, 2.45) is 0 Å². The molecule has 2 aromatic rings. The predicted molar refractivity (Wildman–Crippen MR) is 70.8 cm³/mol. The van der Waals surface area contributed by atoms with E-state index in [1.807, 2.05) is 17.6 Å². The summed E-state index contributed by atoms with van der Waals surface area (Å²) in [6.07, 6.45) is -0.0282. The highest BCUT2D eigenvalue weighted by Crippen LogP contribution is 2.22. The number of aromatic nitrogens is 2. The molecule has 0 amide bonds. The van der Waals surface area contributed by atoms with Gasteiger partial charge in [-0.15, -0.1) is 0 Å². The number of hydrogen-bond donors (Lipinski definition) is 1. The summed E-state index contributed by atoms with van der Waals surface area (Å²) in [5.41, 5.74) is 3.13. The molecule has 18 heavy (non-hydrogen) atoms. The highest BCUT2D eigenvalue weighted by Gasteiger charge is 2.13. The van der Waals surface area contributed by atoms with Gasteiger partial charge in [-0.1, -0.05) is 19.9 Å². The largest absolute Gasteiger partial charge is 0.481 e. The van der Waals surface area contributed by atoms with Crippen molar-refractivity contribution in [2.75, 3.05) is 0 Å². The molecule has 0 unspecified atom stereocenters. The molecule has 0 fully saturated rings. The van der Waals surface area contributed by atoms with Crippen molar-refractivity contribution in [2.45, 2.75) is 39.7 Å². The lowest BCUT2D eigenvalue weighted by atomic mass is 10.0. The maximum atomic E-state index is 10.8. The van der Waals surface area contributed by atoms with E-state index in [2.05, 4.69) is 31.0 Å². The second-order valence-electron chi connectivity index (χ2n) is 4.75. The van der Waals surface area contributed by atoms with Crippen molar-refractivity contribution in [1.82, 2.24) is 9.55 Å². The van der Waals surface area contributed by atoms with Crippen LogP contribution in [0.2, 0.25) is 0 Å². The molecule has 1 aromatic heterocycles. The summed E-state index contributed by atoms with van der Waals surface area (Å²) >= 11 is 0. The van der Waals surface area contributed by atoms with Gasteiger partial charge < -0.3 is 9.67 Å². The molecule has 0 radical (unpaired) electrons. The zero-order chi connectivity index (χ0) is 13.3. The van der Waals surface area contributed by atoms with Crippen LogP contribution in [0.5, 0.6) is 0 Å². The first-order chi connectivity index (χ1) is 8.52. The maximum absolute atomic E-state index is 10.8. The number of aliphatic carboxylic acids is 1. The smallest absolute Gasteiger partial charge is 0.311 e. The number of nitrogens with zero attached hydrogens (tertiary/aromatic N) is 2. The topological polar surface area (TPSA) is 55.1 Å². The fraction of sp³-hybridized carbons (Fsp3) is 0.429. The van der Waals surface area contributed by atoms with Gasteiger partial charge in [0.05, 0.1) is 11.0 Å². The molecule has 4 heteroatoms. The van der Waals surface area contributed by atoms with Crippen LogP contribution >= 0.6 is 0 Å². The van der Waals surface area contributed by atoms with Crippen LogP contribution in [0.25, 0.3) is 11.0 Å². The Labute approximate surface area is 106 Å². The molecular weight excluding hydrogens is 228 g/mol. The van der Waals surface area contributed by atoms with Crippen molar-refractivity contribution in [3.05, 3.63) is 29.6 Å². The quantitative estimate of drug-likeness (QED) is 0.902. The summed E-state index contributed by atoms with van der Waals surface area (Å²) in [5.74, 6) is 0.231. The molecular formula is C14H18N2O2. The molecule has 0 bridgehead atoms. The summed E-state index contributed by atoms with van der Waals surface area (Å²) in [5, 5.41) is 8.90. The molecule has 0 saturated carbocycles. The van der Waals surface area contributed by atoms with Gasteiger partial charge in [-0.05, 0) is 30.5 Å². The molecule has 1 N–H and O–H groups in total. The third-order valence-electron chi connectivity index (χ3n) is 3.14. The SMILES string of the molecule is CCn1c(CC(=O)O)nc2cc(C(C)C)ccc21. The monoisotopic (exact) mass is 246 g/mol. The van der Waals surface area contributed by atoms with Crippen molar-refractivity contribution >= 4 is 17.0 Å². The second kappa shape index (κ2) is 4.80. The van der Waals surface area contributed by atoms with E-state index in [0.717, 1.165) is 17.6 Å². The van der Waals surface area contributed by atoms with E-state index in [-0.39, 0.29) is 6.42 Å². The fourth-order valence-electron chi connectivity index (χ4n) is 2.18. The van der Waals surface area contributed by atoms with Crippen LogP contribution < -0.4 is 0 Å². The van der Waals surface area contributed by atoms with Gasteiger partial charge in [0.25, 0.3) is 0 Å². The van der Waals surface area contributed by atoms with Crippen LogP contribution in [0.15, 0.2) is 18.2 Å². The molecule has 2 rings (SSSR count). The van der Waals surface area contributed by atoms with Gasteiger partial charge in [0.15, 0.2) is 0 Å². The Kier molecular flexibility index (Phi) is 3.36. The lowest BCUT2D eigenvalue weighted by Crippen LogP contribution is -2.08. The average molecular weight is 246 g/mol. The summed E-state index contributed by atoms with van der Waals surface area (Å²) in [4.78, 5) is 15.3. The molecule has 0 atom stereocenters. The highest BCUT2D eigenvalue weighted by molar-refractivity contribution is 5.79. The Morgan fingerprint density at radius 2 is 2.17 bits per heavy atom. The zero-order valence-electron chi connectivity index (χ0n) is 11.0. The molecule has 0 spiro atoms. The van der Waals surface area contributed by atoms with Gasteiger partial charge in [0.2, 0.25) is 0 Å². The molecule has 0 aliphatic carbocycles. The second-order valence-corrected chi connectivity index (χ2v) is 4.75. The first-order valence-electron chi connectivity index (χ1n) is 6.23. The number of carboxylic acid groups (broad SMARTS) is 1. The molecule has 1 heterocycles. The van der Waals surface area contributed by atoms with E-state index < -0.39 is 5.97 Å². The van der Waals surface area contributed by atoms with Gasteiger partial charge in [-0.2, -0.15) is 0 Å². The minimum absolute atomic E-state index is 0.0282. The van der Waals surface area contributed by atoms with Crippen molar-refractivity contribution in [3.63, 3.8) is 0 Å². The standard InChI is InChI=1S/C14H18N2O2/c1-4-16-12-6-5-10(9(2)3)7-11(12)15-13(16)8-14(17)18/h5-7,9H,4,8H2,1-3H3,(H,17,18). The summed E-state index contributed by atoms with van der Waals surface area (Å²) in [7, 11) is 0. The van der Waals surface area contributed by atoms with Crippen LogP contribution in [0, 0.1) is 0 Å². The number of carboxylic acids is 1. The van der Waals surface area contributed by atoms with Crippen LogP contribution in [0.1, 0.15) is 38.1 Å². The normalized spacial score (nSPS) is 11.3. The van der Waals surface area contributed by atoms with E-state index in [4.69, 9.17) is 5.11 Å². The first kappa shape index (κ1) is 12.6. The predicted octanol–water partition coefficient (Wildman–Crippen LogP) is 2.81. The van der Waals surface area contributed by atoms with Crippen LogP contribution in [0.4, 0.5) is 0 Å². The van der Waals surface area contributed by atoms with Crippen LogP contribution in [-0.2, 0) is 17.8 Å². The van der Waals surface area contributed by atoms with Gasteiger partial charge in [-0.3, -0.25) is 4.79 Å². The van der Waals surface area contributed by atoms with Crippen molar-refractivity contribution < 1.29 is 9.90 Å². The lowest BCUT2D eigenvalue weighted by molar-refractivity contribution is -0.136. The van der Waals surface area contributed by atoms with E-state index in [1.54, 1.807) is 0 Å². The lowest BCUT2D eigenvalue weighted by Gasteiger charge is -2.06. The number of aryl methyl sites for hydroxylation is 1. The molecule has 1 aromatic carbocycles. The van der Waals surface area contributed by atoms with Gasteiger partial charge >= 0.3 is 5.97 Å². The molecule has 4 nitrogen and oxygen atoms in total. The van der Waals surface area contributed by atoms with Crippen LogP contribution in [-0.4, -0.2) is 20.6 Å².